The monoisotopic (exact) mass is 211 g/mol. The lowest BCUT2D eigenvalue weighted by Crippen LogP contribution is -2.32. The van der Waals surface area contributed by atoms with Gasteiger partial charge in [-0.3, -0.25) is 4.79 Å². The van der Waals surface area contributed by atoms with Crippen LogP contribution in [-0.2, 0) is 4.79 Å². The van der Waals surface area contributed by atoms with E-state index in [0.717, 1.165) is 31.8 Å². The van der Waals surface area contributed by atoms with E-state index in [1.165, 1.54) is 12.8 Å². The van der Waals surface area contributed by atoms with Crippen LogP contribution in [0.1, 0.15) is 46.5 Å². The Morgan fingerprint density at radius 1 is 1.47 bits per heavy atom. The minimum Gasteiger partial charge on any atom is -0.316 e. The zero-order valence-corrected chi connectivity index (χ0v) is 10.4. The molecule has 0 aromatic carbocycles. The molecule has 0 radical (unpaired) electrons. The van der Waals surface area contributed by atoms with Gasteiger partial charge in [-0.25, -0.2) is 0 Å². The Labute approximate surface area is 93.8 Å². The van der Waals surface area contributed by atoms with Crippen LogP contribution in [0, 0.1) is 17.8 Å². The molecule has 1 N–H and O–H groups in total. The quantitative estimate of drug-likeness (QED) is 0.757. The smallest absolute Gasteiger partial charge is 0.140 e. The average Bonchev–Trinajstić information content (AvgIpc) is 2.24. The van der Waals surface area contributed by atoms with Crippen molar-refractivity contribution in [3.05, 3.63) is 0 Å². The Bertz CT molecular complexity index is 203. The predicted octanol–water partition coefficient (Wildman–Crippen LogP) is 2.63. The highest BCUT2D eigenvalue weighted by Crippen LogP contribution is 2.30. The molecule has 0 aromatic rings. The molecule has 15 heavy (non-hydrogen) atoms. The van der Waals surface area contributed by atoms with E-state index in [1.54, 1.807) is 0 Å². The molecule has 1 fully saturated rings. The van der Waals surface area contributed by atoms with Crippen LogP contribution in [0.15, 0.2) is 0 Å². The third-order valence-corrected chi connectivity index (χ3v) is 3.52. The number of hydrogen-bond donors (Lipinski definition) is 1. The van der Waals surface area contributed by atoms with E-state index in [2.05, 4.69) is 26.1 Å². The Kier molecular flexibility index (Phi) is 5.30. The van der Waals surface area contributed by atoms with Crippen molar-refractivity contribution in [2.75, 3.05) is 13.1 Å². The maximum Gasteiger partial charge on any atom is 0.140 e. The number of Topliss-reactive ketones (excluding diaryl/α,β-unsaturated/α-hetero) is 1. The summed E-state index contributed by atoms with van der Waals surface area (Å²) in [5, 5.41) is 3.26. The van der Waals surface area contributed by atoms with E-state index in [0.29, 0.717) is 11.7 Å². The van der Waals surface area contributed by atoms with E-state index in [9.17, 15) is 4.79 Å². The second-order valence-corrected chi connectivity index (χ2v) is 5.08. The van der Waals surface area contributed by atoms with Gasteiger partial charge >= 0.3 is 0 Å². The highest BCUT2D eigenvalue weighted by atomic mass is 16.1. The minimum absolute atomic E-state index is 0.195. The summed E-state index contributed by atoms with van der Waals surface area (Å²) < 4.78 is 0. The topological polar surface area (TPSA) is 29.1 Å². The van der Waals surface area contributed by atoms with Crippen LogP contribution in [0.5, 0.6) is 0 Å². The van der Waals surface area contributed by atoms with E-state index in [4.69, 9.17) is 0 Å². The summed E-state index contributed by atoms with van der Waals surface area (Å²) in [6, 6.07) is 0. The Balaban J connectivity index is 2.37. The third kappa shape index (κ3) is 3.94. The van der Waals surface area contributed by atoms with E-state index < -0.39 is 0 Å². The van der Waals surface area contributed by atoms with Gasteiger partial charge in [0.15, 0.2) is 0 Å². The molecule has 3 atom stereocenters. The van der Waals surface area contributed by atoms with Crippen molar-refractivity contribution in [3.63, 3.8) is 0 Å². The fourth-order valence-corrected chi connectivity index (χ4v) is 2.56. The molecule has 0 bridgehead atoms. The number of carbonyl (C=O) groups excluding carboxylic acids is 1. The summed E-state index contributed by atoms with van der Waals surface area (Å²) in [4.78, 5) is 12.1. The standard InChI is InChI=1S/C13H25NO/c1-4-14-9-11(3)13(15)12-7-5-6-10(2)8-12/h10-12,14H,4-9H2,1-3H3. The largest absolute Gasteiger partial charge is 0.316 e. The van der Waals surface area contributed by atoms with Crippen LogP contribution in [0.4, 0.5) is 0 Å². The molecule has 0 saturated heterocycles. The second kappa shape index (κ2) is 6.26. The Morgan fingerprint density at radius 3 is 2.80 bits per heavy atom. The number of hydrogen-bond acceptors (Lipinski definition) is 2. The highest BCUT2D eigenvalue weighted by Gasteiger charge is 2.27. The molecule has 1 aliphatic rings. The lowest BCUT2D eigenvalue weighted by molar-refractivity contribution is -0.127. The molecule has 2 nitrogen and oxygen atoms in total. The van der Waals surface area contributed by atoms with Gasteiger partial charge in [0, 0.05) is 18.4 Å². The van der Waals surface area contributed by atoms with E-state index >= 15 is 0 Å². The molecule has 0 heterocycles. The molecule has 0 aliphatic heterocycles. The first-order valence-corrected chi connectivity index (χ1v) is 6.39. The van der Waals surface area contributed by atoms with Crippen LogP contribution in [0.3, 0.4) is 0 Å². The van der Waals surface area contributed by atoms with Crippen LogP contribution >= 0.6 is 0 Å². The van der Waals surface area contributed by atoms with E-state index in [1.807, 2.05) is 0 Å². The lowest BCUT2D eigenvalue weighted by Gasteiger charge is -2.27. The van der Waals surface area contributed by atoms with Crippen LogP contribution in [0.25, 0.3) is 0 Å². The van der Waals surface area contributed by atoms with Gasteiger partial charge < -0.3 is 5.32 Å². The van der Waals surface area contributed by atoms with Crippen molar-refractivity contribution < 1.29 is 4.79 Å². The van der Waals surface area contributed by atoms with Gasteiger partial charge in [-0.2, -0.15) is 0 Å². The molecular weight excluding hydrogens is 186 g/mol. The maximum absolute atomic E-state index is 12.1. The fourth-order valence-electron chi connectivity index (χ4n) is 2.56. The average molecular weight is 211 g/mol. The number of rotatable bonds is 5. The summed E-state index contributed by atoms with van der Waals surface area (Å²) in [7, 11) is 0. The minimum atomic E-state index is 0.195. The molecule has 0 aromatic heterocycles. The van der Waals surface area contributed by atoms with Gasteiger partial charge in [-0.05, 0) is 25.3 Å². The highest BCUT2D eigenvalue weighted by molar-refractivity contribution is 5.83. The molecule has 0 spiro atoms. The third-order valence-electron chi connectivity index (χ3n) is 3.52. The summed E-state index contributed by atoms with van der Waals surface area (Å²) in [5.74, 6) is 1.78. The summed E-state index contributed by atoms with van der Waals surface area (Å²) in [6.07, 6.45) is 4.80. The van der Waals surface area contributed by atoms with Gasteiger partial charge in [0.05, 0.1) is 0 Å². The van der Waals surface area contributed by atoms with Gasteiger partial charge in [0.1, 0.15) is 5.78 Å². The Morgan fingerprint density at radius 2 is 2.20 bits per heavy atom. The van der Waals surface area contributed by atoms with Gasteiger partial charge in [-0.15, -0.1) is 0 Å². The molecule has 3 unspecified atom stereocenters. The van der Waals surface area contributed by atoms with Gasteiger partial charge in [0.25, 0.3) is 0 Å². The summed E-state index contributed by atoms with van der Waals surface area (Å²) in [5.41, 5.74) is 0. The zero-order valence-electron chi connectivity index (χ0n) is 10.4. The SMILES string of the molecule is CCNCC(C)C(=O)C1CCCC(C)C1. The van der Waals surface area contributed by atoms with E-state index in [-0.39, 0.29) is 5.92 Å². The van der Waals surface area contributed by atoms with Crippen LogP contribution < -0.4 is 5.32 Å². The van der Waals surface area contributed by atoms with Crippen LogP contribution in [0.2, 0.25) is 0 Å². The van der Waals surface area contributed by atoms with Crippen LogP contribution in [-0.4, -0.2) is 18.9 Å². The van der Waals surface area contributed by atoms with Crippen molar-refractivity contribution in [1.29, 1.82) is 0 Å². The number of ketones is 1. The van der Waals surface area contributed by atoms with Gasteiger partial charge in [-0.1, -0.05) is 33.6 Å². The van der Waals surface area contributed by atoms with Crippen molar-refractivity contribution in [3.8, 4) is 0 Å². The molecular formula is C13H25NO. The first kappa shape index (κ1) is 12.7. The number of carbonyl (C=O) groups is 1. The fraction of sp³-hybridized carbons (Fsp3) is 0.923. The zero-order chi connectivity index (χ0) is 11.3. The Hall–Kier alpha value is -0.370. The maximum atomic E-state index is 12.1. The van der Waals surface area contributed by atoms with Crippen molar-refractivity contribution in [2.45, 2.75) is 46.5 Å². The molecule has 0 amide bonds. The second-order valence-electron chi connectivity index (χ2n) is 5.08. The van der Waals surface area contributed by atoms with Crippen molar-refractivity contribution >= 4 is 5.78 Å². The van der Waals surface area contributed by atoms with Crippen molar-refractivity contribution in [2.24, 2.45) is 17.8 Å². The summed E-state index contributed by atoms with van der Waals surface area (Å²) in [6.45, 7) is 8.22. The van der Waals surface area contributed by atoms with Gasteiger partial charge in [0.2, 0.25) is 0 Å². The first-order chi connectivity index (χ1) is 7.15. The first-order valence-electron chi connectivity index (χ1n) is 6.39. The molecule has 1 rings (SSSR count). The molecule has 2 heteroatoms. The lowest BCUT2D eigenvalue weighted by atomic mass is 9.77. The normalized spacial score (nSPS) is 28.7. The molecule has 88 valence electrons. The molecule has 1 saturated carbocycles. The molecule has 1 aliphatic carbocycles. The predicted molar refractivity (Wildman–Crippen MR) is 63.8 cm³/mol. The summed E-state index contributed by atoms with van der Waals surface area (Å²) >= 11 is 0. The van der Waals surface area contributed by atoms with Crippen molar-refractivity contribution in [1.82, 2.24) is 5.32 Å². The number of nitrogens with one attached hydrogen (secondary N) is 1.